The fourth-order valence-electron chi connectivity index (χ4n) is 7.77. The first-order valence-corrected chi connectivity index (χ1v) is 18.3. The summed E-state index contributed by atoms with van der Waals surface area (Å²) >= 11 is 0. The lowest BCUT2D eigenvalue weighted by Crippen LogP contribution is -2.01. The standard InChI is InChI=1S/C51H33N3/c1-3-15-34(16-4-1)40-25-13-29-44-42(40)28-14-30-47(44)51-53-49(52-50(54-51)46-24-10-9-23-41(46)35-17-5-2-6-18-35)38-32-31-37-21-12-27-45(48(37)33-38)43-26-11-20-36-19-7-8-22-39(36)43/h1-33H. The molecular weight excluding hydrogens is 655 g/mol. The van der Waals surface area contributed by atoms with E-state index in [1.165, 1.54) is 33.0 Å². The van der Waals surface area contributed by atoms with Crippen LogP contribution >= 0.6 is 0 Å². The number of aromatic nitrogens is 3. The predicted molar refractivity (Wildman–Crippen MR) is 225 cm³/mol. The Labute approximate surface area is 313 Å². The molecule has 0 saturated carbocycles. The summed E-state index contributed by atoms with van der Waals surface area (Å²) in [6.45, 7) is 0. The smallest absolute Gasteiger partial charge is 0.164 e. The van der Waals surface area contributed by atoms with E-state index in [0.717, 1.165) is 49.4 Å². The molecule has 0 spiro atoms. The zero-order valence-electron chi connectivity index (χ0n) is 29.4. The summed E-state index contributed by atoms with van der Waals surface area (Å²) in [5.41, 5.74) is 9.76. The van der Waals surface area contributed by atoms with Crippen molar-refractivity contribution in [1.82, 2.24) is 15.0 Å². The number of hydrogen-bond acceptors (Lipinski definition) is 3. The maximum atomic E-state index is 5.29. The molecule has 54 heavy (non-hydrogen) atoms. The summed E-state index contributed by atoms with van der Waals surface area (Å²) in [6, 6.07) is 70.5. The maximum Gasteiger partial charge on any atom is 0.164 e. The molecular formula is C51H33N3. The summed E-state index contributed by atoms with van der Waals surface area (Å²) in [7, 11) is 0. The number of rotatable bonds is 6. The Morgan fingerprint density at radius 2 is 0.667 bits per heavy atom. The van der Waals surface area contributed by atoms with Crippen molar-refractivity contribution >= 4 is 32.3 Å². The van der Waals surface area contributed by atoms with Crippen molar-refractivity contribution in [2.45, 2.75) is 0 Å². The summed E-state index contributed by atoms with van der Waals surface area (Å²) in [5, 5.41) is 7.01. The molecule has 10 rings (SSSR count). The number of nitrogens with zero attached hydrogens (tertiary/aromatic N) is 3. The van der Waals surface area contributed by atoms with Gasteiger partial charge in [-0.15, -0.1) is 0 Å². The largest absolute Gasteiger partial charge is 0.208 e. The first-order valence-electron chi connectivity index (χ1n) is 18.3. The van der Waals surface area contributed by atoms with Crippen molar-refractivity contribution in [1.29, 1.82) is 0 Å². The van der Waals surface area contributed by atoms with E-state index >= 15 is 0 Å². The van der Waals surface area contributed by atoms with E-state index in [4.69, 9.17) is 15.0 Å². The molecule has 1 aromatic heterocycles. The number of fused-ring (bicyclic) bond motifs is 3. The SMILES string of the molecule is c1ccc(-c2ccccc2-c2nc(-c3ccc4cccc(-c5cccc6ccccc56)c4c3)nc(-c3cccc4c(-c5ccccc5)cccc34)n2)cc1. The quantitative estimate of drug-likeness (QED) is 0.175. The summed E-state index contributed by atoms with van der Waals surface area (Å²) < 4.78 is 0. The topological polar surface area (TPSA) is 38.7 Å². The van der Waals surface area contributed by atoms with Crippen LogP contribution in [0.2, 0.25) is 0 Å². The van der Waals surface area contributed by atoms with E-state index in [9.17, 15) is 0 Å². The second-order valence-corrected chi connectivity index (χ2v) is 13.6. The van der Waals surface area contributed by atoms with E-state index in [0.29, 0.717) is 17.5 Å². The molecule has 0 N–H and O–H groups in total. The Balaban J connectivity index is 1.21. The van der Waals surface area contributed by atoms with Crippen LogP contribution in [0.5, 0.6) is 0 Å². The van der Waals surface area contributed by atoms with E-state index in [-0.39, 0.29) is 0 Å². The highest BCUT2D eigenvalue weighted by Crippen LogP contribution is 2.39. The molecule has 0 saturated heterocycles. The van der Waals surface area contributed by atoms with E-state index in [1.807, 2.05) is 6.07 Å². The van der Waals surface area contributed by atoms with Crippen LogP contribution in [0.3, 0.4) is 0 Å². The van der Waals surface area contributed by atoms with Crippen LogP contribution in [0.25, 0.3) is 99.9 Å². The zero-order chi connectivity index (χ0) is 35.8. The van der Waals surface area contributed by atoms with Crippen molar-refractivity contribution in [3.63, 3.8) is 0 Å². The third kappa shape index (κ3) is 5.60. The highest BCUT2D eigenvalue weighted by atomic mass is 15.0. The zero-order valence-corrected chi connectivity index (χ0v) is 29.4. The minimum atomic E-state index is 0.628. The van der Waals surface area contributed by atoms with Crippen molar-refractivity contribution in [3.05, 3.63) is 200 Å². The fraction of sp³-hybridized carbons (Fsp3) is 0. The Morgan fingerprint density at radius 1 is 0.222 bits per heavy atom. The third-order valence-corrected chi connectivity index (χ3v) is 10.4. The lowest BCUT2D eigenvalue weighted by Gasteiger charge is -2.15. The fourth-order valence-corrected chi connectivity index (χ4v) is 7.77. The first-order chi connectivity index (χ1) is 26.8. The summed E-state index contributed by atoms with van der Waals surface area (Å²) in [5.74, 6) is 1.90. The van der Waals surface area contributed by atoms with Gasteiger partial charge in [0.1, 0.15) is 0 Å². The molecule has 0 aliphatic heterocycles. The van der Waals surface area contributed by atoms with Crippen LogP contribution < -0.4 is 0 Å². The highest BCUT2D eigenvalue weighted by Gasteiger charge is 2.18. The van der Waals surface area contributed by atoms with Crippen molar-refractivity contribution in [2.24, 2.45) is 0 Å². The van der Waals surface area contributed by atoms with Gasteiger partial charge in [0.2, 0.25) is 0 Å². The molecule has 3 nitrogen and oxygen atoms in total. The Bertz CT molecular complexity index is 2980. The lowest BCUT2D eigenvalue weighted by molar-refractivity contribution is 1.08. The van der Waals surface area contributed by atoms with Gasteiger partial charge in [0.15, 0.2) is 17.5 Å². The van der Waals surface area contributed by atoms with E-state index < -0.39 is 0 Å². The third-order valence-electron chi connectivity index (χ3n) is 10.4. The molecule has 0 atom stereocenters. The van der Waals surface area contributed by atoms with Gasteiger partial charge in [-0.3, -0.25) is 0 Å². The Kier molecular flexibility index (Phi) is 7.81. The maximum absolute atomic E-state index is 5.29. The molecule has 10 aromatic rings. The monoisotopic (exact) mass is 687 g/mol. The van der Waals surface area contributed by atoms with Crippen LogP contribution in [0, 0.1) is 0 Å². The summed E-state index contributed by atoms with van der Waals surface area (Å²) in [6.07, 6.45) is 0. The molecule has 252 valence electrons. The molecule has 3 heteroatoms. The van der Waals surface area contributed by atoms with Crippen LogP contribution in [-0.4, -0.2) is 15.0 Å². The average molecular weight is 688 g/mol. The molecule has 0 aliphatic rings. The van der Waals surface area contributed by atoms with Gasteiger partial charge in [-0.05, 0) is 71.8 Å². The van der Waals surface area contributed by atoms with Crippen molar-refractivity contribution in [3.8, 4) is 67.5 Å². The lowest BCUT2D eigenvalue weighted by atomic mass is 9.93. The normalized spacial score (nSPS) is 11.3. The highest BCUT2D eigenvalue weighted by molar-refractivity contribution is 6.07. The second kappa shape index (κ2) is 13.4. The van der Waals surface area contributed by atoms with Gasteiger partial charge in [-0.2, -0.15) is 0 Å². The minimum Gasteiger partial charge on any atom is -0.208 e. The molecule has 0 amide bonds. The summed E-state index contributed by atoms with van der Waals surface area (Å²) in [4.78, 5) is 15.8. The van der Waals surface area contributed by atoms with Gasteiger partial charge < -0.3 is 0 Å². The van der Waals surface area contributed by atoms with Gasteiger partial charge >= 0.3 is 0 Å². The van der Waals surface area contributed by atoms with Gasteiger partial charge in [0.05, 0.1) is 0 Å². The van der Waals surface area contributed by atoms with Gasteiger partial charge in [0, 0.05) is 16.7 Å². The molecule has 0 fully saturated rings. The number of hydrogen-bond donors (Lipinski definition) is 0. The molecule has 9 aromatic carbocycles. The Morgan fingerprint density at radius 3 is 1.41 bits per heavy atom. The van der Waals surface area contributed by atoms with Gasteiger partial charge in [-0.25, -0.2) is 15.0 Å². The van der Waals surface area contributed by atoms with E-state index in [1.54, 1.807) is 0 Å². The molecule has 0 unspecified atom stereocenters. The van der Waals surface area contributed by atoms with E-state index in [2.05, 4.69) is 194 Å². The number of benzene rings is 9. The predicted octanol–water partition coefficient (Wildman–Crippen LogP) is 13.3. The average Bonchev–Trinajstić information content (AvgIpc) is 3.26. The van der Waals surface area contributed by atoms with Crippen LogP contribution in [-0.2, 0) is 0 Å². The Hall–Kier alpha value is -7.23. The van der Waals surface area contributed by atoms with Crippen LogP contribution in [0.1, 0.15) is 0 Å². The molecule has 0 bridgehead atoms. The van der Waals surface area contributed by atoms with Gasteiger partial charge in [-0.1, -0.05) is 194 Å². The van der Waals surface area contributed by atoms with Crippen LogP contribution in [0.4, 0.5) is 0 Å². The molecule has 0 aliphatic carbocycles. The van der Waals surface area contributed by atoms with Crippen molar-refractivity contribution in [2.75, 3.05) is 0 Å². The van der Waals surface area contributed by atoms with Crippen LogP contribution in [0.15, 0.2) is 200 Å². The van der Waals surface area contributed by atoms with Gasteiger partial charge in [0.25, 0.3) is 0 Å². The molecule has 0 radical (unpaired) electrons. The first kappa shape index (κ1) is 31.5. The minimum absolute atomic E-state index is 0.628. The second-order valence-electron chi connectivity index (χ2n) is 13.6. The van der Waals surface area contributed by atoms with Crippen molar-refractivity contribution < 1.29 is 0 Å². The molecule has 1 heterocycles.